The Morgan fingerprint density at radius 1 is 1.28 bits per heavy atom. The third-order valence-corrected chi connectivity index (χ3v) is 4.91. The summed E-state index contributed by atoms with van der Waals surface area (Å²) in [4.78, 5) is 19.1. The number of hydrogen-bond acceptors (Lipinski definition) is 4. The number of oxazole rings is 1. The first-order chi connectivity index (χ1) is 12.1. The second-order valence-corrected chi connectivity index (χ2v) is 6.43. The number of carbonyl (C=O) groups is 1. The Morgan fingerprint density at radius 2 is 2.12 bits per heavy atom. The number of rotatable bonds is 4. The van der Waals surface area contributed by atoms with Crippen LogP contribution in [0.25, 0.3) is 11.7 Å². The number of likely N-dealkylation sites (N-methyl/N-ethyl adjacent to an activating group) is 1. The van der Waals surface area contributed by atoms with Gasteiger partial charge >= 0.3 is 0 Å². The molecule has 0 saturated carbocycles. The molecule has 0 fully saturated rings. The van der Waals surface area contributed by atoms with Crippen LogP contribution in [0.5, 0.6) is 0 Å². The van der Waals surface area contributed by atoms with Gasteiger partial charge in [0.05, 0.1) is 24.4 Å². The standard InChI is InChI=1S/C20H20N2O3/c1-13-16(21-20(25-13)18-8-5-11-24-18)12-19(23)22(2)17-10-9-14-6-3-4-7-15(14)17/h3-8,11,17H,9-10,12H2,1-2H3. The molecule has 0 N–H and O–H groups in total. The predicted molar refractivity (Wildman–Crippen MR) is 92.9 cm³/mol. The second kappa shape index (κ2) is 6.24. The minimum atomic E-state index is 0.0455. The summed E-state index contributed by atoms with van der Waals surface area (Å²) in [5, 5.41) is 0. The van der Waals surface area contributed by atoms with Gasteiger partial charge < -0.3 is 13.7 Å². The molecule has 1 unspecified atom stereocenters. The Bertz CT molecular complexity index is 896. The molecule has 1 atom stereocenters. The zero-order chi connectivity index (χ0) is 17.4. The number of fused-ring (bicyclic) bond motifs is 1. The molecule has 1 aromatic carbocycles. The molecule has 0 bridgehead atoms. The Morgan fingerprint density at radius 3 is 2.92 bits per heavy atom. The van der Waals surface area contributed by atoms with Crippen molar-refractivity contribution in [2.45, 2.75) is 32.2 Å². The van der Waals surface area contributed by atoms with Gasteiger partial charge in [0.2, 0.25) is 5.91 Å². The van der Waals surface area contributed by atoms with E-state index in [0.29, 0.717) is 23.1 Å². The Kier molecular flexibility index (Phi) is 3.92. The lowest BCUT2D eigenvalue weighted by molar-refractivity contribution is -0.131. The highest BCUT2D eigenvalue weighted by molar-refractivity contribution is 5.79. The molecule has 5 heteroatoms. The van der Waals surface area contributed by atoms with Crippen molar-refractivity contribution in [2.75, 3.05) is 7.05 Å². The van der Waals surface area contributed by atoms with Gasteiger partial charge in [0.15, 0.2) is 5.76 Å². The second-order valence-electron chi connectivity index (χ2n) is 6.43. The number of amides is 1. The molecular weight excluding hydrogens is 316 g/mol. The van der Waals surface area contributed by atoms with E-state index in [1.807, 2.05) is 24.9 Å². The number of hydrogen-bond donors (Lipinski definition) is 0. The third-order valence-electron chi connectivity index (χ3n) is 4.91. The molecule has 4 rings (SSSR count). The monoisotopic (exact) mass is 336 g/mol. The quantitative estimate of drug-likeness (QED) is 0.724. The van der Waals surface area contributed by atoms with E-state index in [2.05, 4.69) is 23.2 Å². The van der Waals surface area contributed by atoms with Crippen molar-refractivity contribution in [2.24, 2.45) is 0 Å². The van der Waals surface area contributed by atoms with E-state index in [1.165, 1.54) is 11.1 Å². The van der Waals surface area contributed by atoms with Gasteiger partial charge in [-0.3, -0.25) is 4.79 Å². The van der Waals surface area contributed by atoms with Crippen molar-refractivity contribution in [1.82, 2.24) is 9.88 Å². The first-order valence-electron chi connectivity index (χ1n) is 8.47. The van der Waals surface area contributed by atoms with Gasteiger partial charge in [-0.2, -0.15) is 0 Å². The van der Waals surface area contributed by atoms with Crippen LogP contribution in [0.3, 0.4) is 0 Å². The Labute approximate surface area is 146 Å². The topological polar surface area (TPSA) is 59.5 Å². The fraction of sp³-hybridized carbons (Fsp3) is 0.300. The molecule has 25 heavy (non-hydrogen) atoms. The summed E-state index contributed by atoms with van der Waals surface area (Å²) in [7, 11) is 1.87. The number of furan rings is 1. The van der Waals surface area contributed by atoms with E-state index in [4.69, 9.17) is 8.83 Å². The van der Waals surface area contributed by atoms with E-state index < -0.39 is 0 Å². The number of aryl methyl sites for hydroxylation is 2. The van der Waals surface area contributed by atoms with Crippen LogP contribution in [0.1, 0.15) is 35.0 Å². The summed E-state index contributed by atoms with van der Waals surface area (Å²) in [6.45, 7) is 1.83. The van der Waals surface area contributed by atoms with Crippen LogP contribution in [0, 0.1) is 6.92 Å². The molecule has 3 aromatic rings. The summed E-state index contributed by atoms with van der Waals surface area (Å²) in [5.41, 5.74) is 3.26. The molecule has 5 nitrogen and oxygen atoms in total. The van der Waals surface area contributed by atoms with Gasteiger partial charge in [0.1, 0.15) is 5.76 Å². The van der Waals surface area contributed by atoms with Crippen molar-refractivity contribution < 1.29 is 13.6 Å². The molecular formula is C20H20N2O3. The lowest BCUT2D eigenvalue weighted by Crippen LogP contribution is -2.31. The highest BCUT2D eigenvalue weighted by Gasteiger charge is 2.29. The first kappa shape index (κ1) is 15.7. The molecule has 1 aliphatic rings. The highest BCUT2D eigenvalue weighted by atomic mass is 16.4. The van der Waals surface area contributed by atoms with Crippen LogP contribution in [0.4, 0.5) is 0 Å². The van der Waals surface area contributed by atoms with E-state index in [1.54, 1.807) is 18.4 Å². The largest absolute Gasteiger partial charge is 0.459 e. The van der Waals surface area contributed by atoms with Gasteiger partial charge in [0, 0.05) is 7.05 Å². The van der Waals surface area contributed by atoms with Crippen molar-refractivity contribution in [3.63, 3.8) is 0 Å². The van der Waals surface area contributed by atoms with Crippen molar-refractivity contribution in [1.29, 1.82) is 0 Å². The van der Waals surface area contributed by atoms with Gasteiger partial charge in [-0.15, -0.1) is 0 Å². The number of nitrogens with zero attached hydrogens (tertiary/aromatic N) is 2. The molecule has 0 saturated heterocycles. The molecule has 2 heterocycles. The van der Waals surface area contributed by atoms with Gasteiger partial charge in [-0.1, -0.05) is 24.3 Å². The minimum Gasteiger partial charge on any atom is -0.459 e. The van der Waals surface area contributed by atoms with Gasteiger partial charge in [-0.05, 0) is 43.0 Å². The van der Waals surface area contributed by atoms with E-state index in [9.17, 15) is 4.79 Å². The Hall–Kier alpha value is -2.82. The van der Waals surface area contributed by atoms with E-state index >= 15 is 0 Å². The maximum Gasteiger partial charge on any atom is 0.263 e. The number of benzene rings is 1. The predicted octanol–water partition coefficient (Wildman–Crippen LogP) is 3.93. The molecule has 0 spiro atoms. The van der Waals surface area contributed by atoms with Crippen LogP contribution < -0.4 is 0 Å². The van der Waals surface area contributed by atoms with Crippen LogP contribution >= 0.6 is 0 Å². The SMILES string of the molecule is Cc1oc(-c2ccco2)nc1CC(=O)N(C)C1CCc2ccccc21. The maximum absolute atomic E-state index is 12.8. The van der Waals surface area contributed by atoms with Crippen LogP contribution in [0.15, 0.2) is 51.5 Å². The van der Waals surface area contributed by atoms with Crippen molar-refractivity contribution in [3.05, 3.63) is 65.2 Å². The summed E-state index contributed by atoms with van der Waals surface area (Å²) in [5.74, 6) is 1.68. The zero-order valence-electron chi connectivity index (χ0n) is 14.4. The van der Waals surface area contributed by atoms with Crippen LogP contribution in [-0.2, 0) is 17.6 Å². The highest BCUT2D eigenvalue weighted by Crippen LogP contribution is 2.35. The van der Waals surface area contributed by atoms with E-state index in [-0.39, 0.29) is 18.4 Å². The van der Waals surface area contributed by atoms with Gasteiger partial charge in [0.25, 0.3) is 5.89 Å². The van der Waals surface area contributed by atoms with Crippen LogP contribution in [0.2, 0.25) is 0 Å². The summed E-state index contributed by atoms with van der Waals surface area (Å²) in [6.07, 6.45) is 3.79. The molecule has 2 aromatic heterocycles. The normalized spacial score (nSPS) is 16.0. The zero-order valence-corrected chi connectivity index (χ0v) is 14.4. The minimum absolute atomic E-state index is 0.0455. The molecule has 1 amide bonds. The molecule has 0 aliphatic heterocycles. The fourth-order valence-corrected chi connectivity index (χ4v) is 3.48. The lowest BCUT2D eigenvalue weighted by Gasteiger charge is -2.25. The van der Waals surface area contributed by atoms with Gasteiger partial charge in [-0.25, -0.2) is 4.98 Å². The Balaban J connectivity index is 1.51. The molecule has 0 radical (unpaired) electrons. The summed E-state index contributed by atoms with van der Waals surface area (Å²) >= 11 is 0. The molecule has 1 aliphatic carbocycles. The average Bonchev–Trinajstić information content (AvgIpc) is 3.34. The summed E-state index contributed by atoms with van der Waals surface area (Å²) in [6, 6.07) is 12.1. The van der Waals surface area contributed by atoms with Crippen LogP contribution in [-0.4, -0.2) is 22.8 Å². The average molecular weight is 336 g/mol. The van der Waals surface area contributed by atoms with Crippen molar-refractivity contribution in [3.8, 4) is 11.7 Å². The van der Waals surface area contributed by atoms with E-state index in [0.717, 1.165) is 12.8 Å². The fourth-order valence-electron chi connectivity index (χ4n) is 3.48. The molecule has 128 valence electrons. The number of aromatic nitrogens is 1. The van der Waals surface area contributed by atoms with Crippen molar-refractivity contribution >= 4 is 5.91 Å². The summed E-state index contributed by atoms with van der Waals surface area (Å²) < 4.78 is 11.0. The maximum atomic E-state index is 12.8. The lowest BCUT2D eigenvalue weighted by atomic mass is 10.1. The number of carbonyl (C=O) groups excluding carboxylic acids is 1. The smallest absolute Gasteiger partial charge is 0.263 e. The third kappa shape index (κ3) is 2.86. The first-order valence-corrected chi connectivity index (χ1v) is 8.47.